The molecule has 2 bridgehead atoms. The number of nitrogens with zero attached hydrogens (tertiary/aromatic N) is 1. The summed E-state index contributed by atoms with van der Waals surface area (Å²) in [5, 5.41) is 13.1. The van der Waals surface area contributed by atoms with Crippen LogP contribution in [-0.2, 0) is 10.3 Å². The van der Waals surface area contributed by atoms with E-state index in [2.05, 4.69) is 92.4 Å². The molecule has 2 heterocycles. The lowest BCUT2D eigenvalue weighted by molar-refractivity contribution is -0.0531. The van der Waals surface area contributed by atoms with Gasteiger partial charge in [-0.1, -0.05) is 97.6 Å². The molecule has 0 saturated carbocycles. The third-order valence-electron chi connectivity index (χ3n) is 8.60. The van der Waals surface area contributed by atoms with Crippen molar-refractivity contribution in [1.29, 1.82) is 0 Å². The van der Waals surface area contributed by atoms with Crippen LogP contribution in [0.3, 0.4) is 0 Å². The summed E-state index contributed by atoms with van der Waals surface area (Å²) < 4.78 is 6.00. The van der Waals surface area contributed by atoms with Crippen molar-refractivity contribution >= 4 is 19.4 Å². The molecule has 5 heteroatoms. The number of hydrogen-bond donors (Lipinski definition) is 1. The fraction of sp³-hybridized carbons (Fsp3) is 0.387. The van der Waals surface area contributed by atoms with E-state index in [0.717, 1.165) is 18.4 Å². The first-order valence-corrected chi connectivity index (χ1v) is 16.7. The molecule has 0 radical (unpaired) electrons. The van der Waals surface area contributed by atoms with Crippen molar-refractivity contribution in [2.24, 2.45) is 0 Å². The maximum absolute atomic E-state index is 13.4. The largest absolute Gasteiger partial charge is 0.448 e. The van der Waals surface area contributed by atoms with Crippen molar-refractivity contribution in [2.75, 3.05) is 6.61 Å². The van der Waals surface area contributed by atoms with Gasteiger partial charge in [-0.2, -0.15) is 0 Å². The van der Waals surface area contributed by atoms with Crippen molar-refractivity contribution in [3.8, 4) is 11.1 Å². The second-order valence-corrected chi connectivity index (χ2v) is 16.9. The summed E-state index contributed by atoms with van der Waals surface area (Å²) in [5.74, 6) is 0.0607. The highest BCUT2D eigenvalue weighted by Crippen LogP contribution is 2.47. The number of amides is 1. The molecule has 2 saturated heterocycles. The van der Waals surface area contributed by atoms with E-state index in [1.807, 2.05) is 4.90 Å². The molecule has 4 nitrogen and oxygen atoms in total. The van der Waals surface area contributed by atoms with Crippen LogP contribution < -0.4 is 5.19 Å². The van der Waals surface area contributed by atoms with Gasteiger partial charge in [0, 0.05) is 30.8 Å². The molecule has 36 heavy (non-hydrogen) atoms. The van der Waals surface area contributed by atoms with Crippen molar-refractivity contribution in [1.82, 2.24) is 4.90 Å². The summed E-state index contributed by atoms with van der Waals surface area (Å²) in [7, 11) is -1.39. The predicted octanol–water partition coefficient (Wildman–Crippen LogP) is 6.00. The first-order valence-electron chi connectivity index (χ1n) is 13.2. The zero-order chi connectivity index (χ0) is 25.1. The van der Waals surface area contributed by atoms with E-state index in [1.165, 1.54) is 27.4 Å². The maximum atomic E-state index is 13.4. The lowest BCUT2D eigenvalue weighted by atomic mass is 9.80. The predicted molar refractivity (Wildman–Crippen MR) is 146 cm³/mol. The Bertz CT molecular complexity index is 1240. The SMILES string of the molecule is C[Si](C)(C)c1ccc(C2(O)CC3CCC(C2)N3C(=O)OCC2c3ccccc3-c3ccccc32)cc1. The van der Waals surface area contributed by atoms with Gasteiger partial charge in [0.25, 0.3) is 0 Å². The maximum Gasteiger partial charge on any atom is 0.410 e. The Morgan fingerprint density at radius 2 is 1.42 bits per heavy atom. The van der Waals surface area contributed by atoms with Crippen LogP contribution in [0.4, 0.5) is 4.79 Å². The summed E-state index contributed by atoms with van der Waals surface area (Å²) in [6.07, 6.45) is 2.74. The number of rotatable bonds is 4. The zero-order valence-corrected chi connectivity index (χ0v) is 22.4. The fourth-order valence-electron chi connectivity index (χ4n) is 6.71. The van der Waals surface area contributed by atoms with Crippen LogP contribution in [-0.4, -0.2) is 42.9 Å². The van der Waals surface area contributed by atoms with E-state index >= 15 is 0 Å². The van der Waals surface area contributed by atoms with Gasteiger partial charge in [-0.15, -0.1) is 0 Å². The number of fused-ring (bicyclic) bond motifs is 5. The van der Waals surface area contributed by atoms with Crippen LogP contribution in [0.15, 0.2) is 72.8 Å². The smallest absolute Gasteiger partial charge is 0.410 e. The molecule has 2 fully saturated rings. The first kappa shape index (κ1) is 23.5. The number of piperidine rings is 1. The van der Waals surface area contributed by atoms with Gasteiger partial charge in [0.2, 0.25) is 0 Å². The minimum atomic E-state index is -1.39. The highest BCUT2D eigenvalue weighted by Gasteiger charge is 2.50. The molecule has 3 aliphatic rings. The third kappa shape index (κ3) is 3.89. The van der Waals surface area contributed by atoms with Gasteiger partial charge in [-0.25, -0.2) is 4.79 Å². The third-order valence-corrected chi connectivity index (χ3v) is 10.7. The van der Waals surface area contributed by atoms with E-state index in [0.29, 0.717) is 19.4 Å². The standard InChI is InChI=1S/C31H35NO3Si/c1-36(2,3)24-16-12-21(13-17-24)31(34)18-22-14-15-23(19-31)32(22)30(33)35-20-29-27-10-6-4-8-25(27)26-9-5-7-11-28(26)29/h4-13,16-17,22-23,29,34H,14-15,18-20H2,1-3H3. The van der Waals surface area contributed by atoms with Crippen LogP contribution in [0.2, 0.25) is 19.6 Å². The Kier molecular flexibility index (Phi) is 5.61. The van der Waals surface area contributed by atoms with Crippen LogP contribution in [0.25, 0.3) is 11.1 Å². The summed E-state index contributed by atoms with van der Waals surface area (Å²) in [5.41, 5.74) is 5.01. The van der Waals surface area contributed by atoms with Crippen LogP contribution in [0, 0.1) is 0 Å². The van der Waals surface area contributed by atoms with Crippen LogP contribution >= 0.6 is 0 Å². The van der Waals surface area contributed by atoms with Crippen molar-refractivity contribution in [3.05, 3.63) is 89.5 Å². The molecule has 0 spiro atoms. The molecule has 3 aromatic rings. The van der Waals surface area contributed by atoms with Crippen molar-refractivity contribution in [3.63, 3.8) is 0 Å². The Morgan fingerprint density at radius 3 is 1.94 bits per heavy atom. The Labute approximate surface area is 214 Å². The molecule has 6 rings (SSSR count). The lowest BCUT2D eigenvalue weighted by Crippen LogP contribution is -2.52. The van der Waals surface area contributed by atoms with Gasteiger partial charge in [-0.05, 0) is 40.7 Å². The number of benzene rings is 3. The van der Waals surface area contributed by atoms with E-state index in [4.69, 9.17) is 4.74 Å². The second-order valence-electron chi connectivity index (χ2n) is 11.9. The second kappa shape index (κ2) is 8.60. The minimum absolute atomic E-state index is 0.0149. The quantitative estimate of drug-likeness (QED) is 0.450. The average Bonchev–Trinajstić information content (AvgIpc) is 3.34. The number of hydrogen-bond acceptors (Lipinski definition) is 3. The van der Waals surface area contributed by atoms with Crippen LogP contribution in [0.5, 0.6) is 0 Å². The average molecular weight is 498 g/mol. The minimum Gasteiger partial charge on any atom is -0.448 e. The van der Waals surface area contributed by atoms with Crippen molar-refractivity contribution in [2.45, 2.75) is 68.9 Å². The Hall–Kier alpha value is -2.89. The monoisotopic (exact) mass is 497 g/mol. The molecule has 1 amide bonds. The lowest BCUT2D eigenvalue weighted by Gasteiger charge is -2.43. The summed E-state index contributed by atoms with van der Waals surface area (Å²) in [4.78, 5) is 15.3. The Morgan fingerprint density at radius 1 is 0.889 bits per heavy atom. The molecule has 2 unspecified atom stereocenters. The molecule has 3 aromatic carbocycles. The Balaban J connectivity index is 1.16. The van der Waals surface area contributed by atoms with E-state index < -0.39 is 13.7 Å². The molecule has 2 atom stereocenters. The highest BCUT2D eigenvalue weighted by molar-refractivity contribution is 6.88. The number of carbonyl (C=O) groups excluding carboxylic acids is 1. The zero-order valence-electron chi connectivity index (χ0n) is 21.4. The molecule has 1 aliphatic carbocycles. The van der Waals surface area contributed by atoms with Gasteiger partial charge in [-0.3, -0.25) is 0 Å². The molecule has 186 valence electrons. The molecular weight excluding hydrogens is 462 g/mol. The highest BCUT2D eigenvalue weighted by atomic mass is 28.3. The normalized spacial score (nSPS) is 24.9. The van der Waals surface area contributed by atoms with E-state index in [9.17, 15) is 9.90 Å². The topological polar surface area (TPSA) is 49.8 Å². The molecule has 1 N–H and O–H groups in total. The van der Waals surface area contributed by atoms with Crippen molar-refractivity contribution < 1.29 is 14.6 Å². The van der Waals surface area contributed by atoms with Crippen LogP contribution in [0.1, 0.15) is 48.3 Å². The van der Waals surface area contributed by atoms with Gasteiger partial charge in [0.15, 0.2) is 0 Å². The van der Waals surface area contributed by atoms with E-state index in [-0.39, 0.29) is 24.1 Å². The summed E-state index contributed by atoms with van der Waals surface area (Å²) in [6.45, 7) is 7.35. The number of aliphatic hydroxyl groups is 1. The number of ether oxygens (including phenoxy) is 1. The van der Waals surface area contributed by atoms with Gasteiger partial charge >= 0.3 is 6.09 Å². The summed E-state index contributed by atoms with van der Waals surface area (Å²) >= 11 is 0. The van der Waals surface area contributed by atoms with Gasteiger partial charge in [0.1, 0.15) is 6.61 Å². The number of carbonyl (C=O) groups is 1. The first-order chi connectivity index (χ1) is 17.2. The molecular formula is C31H35NO3Si. The fourth-order valence-corrected chi connectivity index (χ4v) is 7.87. The molecule has 2 aliphatic heterocycles. The summed E-state index contributed by atoms with van der Waals surface area (Å²) in [6, 6.07) is 25.5. The van der Waals surface area contributed by atoms with Gasteiger partial charge in [0.05, 0.1) is 13.7 Å². The van der Waals surface area contributed by atoms with Gasteiger partial charge < -0.3 is 14.7 Å². The molecule has 0 aromatic heterocycles. The van der Waals surface area contributed by atoms with E-state index in [1.54, 1.807) is 0 Å².